The molecule has 13 rings (SSSR count). The molecular weight excluding hydrogens is 892 g/mol. The minimum atomic E-state index is -0.262. The molecule has 74 heavy (non-hydrogen) atoms. The zero-order valence-electron chi connectivity index (χ0n) is 47.7. The third-order valence-corrected chi connectivity index (χ3v) is 20.6. The van der Waals surface area contributed by atoms with Gasteiger partial charge in [0.2, 0.25) is 0 Å². The fraction of sp³-hybridized carbons (Fsp3) is 0.408. The zero-order chi connectivity index (χ0) is 52.2. The summed E-state index contributed by atoms with van der Waals surface area (Å²) >= 11 is 0. The molecule has 3 heteroatoms. The van der Waals surface area contributed by atoms with Crippen molar-refractivity contribution in [1.82, 2.24) is 0 Å². The van der Waals surface area contributed by atoms with Gasteiger partial charge in [-0.15, -0.1) is 0 Å². The summed E-state index contributed by atoms with van der Waals surface area (Å²) in [6.07, 6.45) is 7.15. The molecule has 7 aromatic rings. The molecule has 0 spiro atoms. The quantitative estimate of drug-likeness (QED) is 0.163. The van der Waals surface area contributed by atoms with Gasteiger partial charge < -0.3 is 9.71 Å². The monoisotopic (exact) mass is 971 g/mol. The maximum atomic E-state index is 2.87. The summed E-state index contributed by atoms with van der Waals surface area (Å²) in [5, 5.41) is 0. The van der Waals surface area contributed by atoms with Gasteiger partial charge in [-0.05, 0) is 216 Å². The van der Waals surface area contributed by atoms with Crippen molar-refractivity contribution in [3.8, 4) is 33.4 Å². The lowest BCUT2D eigenvalue weighted by Gasteiger charge is -2.49. The van der Waals surface area contributed by atoms with Gasteiger partial charge in [0.15, 0.2) is 0 Å². The van der Waals surface area contributed by atoms with Crippen molar-refractivity contribution < 1.29 is 0 Å². The van der Waals surface area contributed by atoms with E-state index in [0.29, 0.717) is 0 Å². The van der Waals surface area contributed by atoms with Crippen molar-refractivity contribution in [2.75, 3.05) is 9.71 Å². The zero-order valence-corrected chi connectivity index (χ0v) is 47.7. The van der Waals surface area contributed by atoms with Gasteiger partial charge in [-0.2, -0.15) is 0 Å². The molecule has 0 N–H and O–H groups in total. The lowest BCUT2D eigenvalue weighted by molar-refractivity contribution is 0.331. The Kier molecular flexibility index (Phi) is 9.84. The number of nitrogens with zero attached hydrogens (tertiary/aromatic N) is 2. The maximum Gasteiger partial charge on any atom is 0.333 e. The summed E-state index contributed by atoms with van der Waals surface area (Å²) in [6.45, 7) is 39.5. The molecule has 2 aliphatic heterocycles. The van der Waals surface area contributed by atoms with E-state index >= 15 is 0 Å². The Morgan fingerprint density at radius 1 is 0.392 bits per heavy atom. The van der Waals surface area contributed by atoms with Gasteiger partial charge in [0.25, 0.3) is 0 Å². The first-order valence-corrected chi connectivity index (χ1v) is 28.3. The molecule has 0 aromatic heterocycles. The van der Waals surface area contributed by atoms with E-state index in [1.807, 2.05) is 0 Å². The number of rotatable bonds is 3. The molecule has 0 unspecified atom stereocenters. The second-order valence-corrected chi connectivity index (χ2v) is 28.7. The number of hydrogen-bond acceptors (Lipinski definition) is 2. The summed E-state index contributed by atoms with van der Waals surface area (Å²) in [7, 11) is 0. The molecule has 0 amide bonds. The van der Waals surface area contributed by atoms with E-state index in [1.165, 1.54) is 161 Å². The smallest absolute Gasteiger partial charge is 0.333 e. The minimum Gasteiger partial charge on any atom is -0.376 e. The van der Waals surface area contributed by atoms with Crippen LogP contribution in [0.1, 0.15) is 191 Å². The topological polar surface area (TPSA) is 6.48 Å². The SMILES string of the molecule is Cc1cc2c3c(c1)N(c1cc4c(cc1C)C(C)(C)CCC4(C)C)c1cc(-c4ccccc4)ccc1B3N(c1ccc3c(c1)C(C)(C)CCC3(C)C)c1c-2ccc2c1C(C)(C)c1cc3c(cc1-2)C(C)(C)CCC3(C)C. The van der Waals surface area contributed by atoms with Crippen molar-refractivity contribution in [3.63, 3.8) is 0 Å². The summed E-state index contributed by atoms with van der Waals surface area (Å²) in [5.74, 6) is 0. The standard InChI is InChI=1S/C71H79BN2/c1-42-34-50-48-25-24-47-49-39-55-56(69(11,12)32-31-68(55,9)10)40-52(49)71(15,16)62(47)64(48)74(46-23-26-51-54(38-46)67(7,8)29-28-65(51,3)4)72-58-27-22-45(44-20-18-17-19-21-44)37-60(58)73(61(35-42)63(50)72)59-41-57-53(36-43(59)2)66(5,6)30-33-70(57,13)14/h17-27,34-41H,28-33H2,1-16H3. The van der Waals surface area contributed by atoms with Crippen LogP contribution in [-0.4, -0.2) is 6.85 Å². The third-order valence-electron chi connectivity index (χ3n) is 20.6. The van der Waals surface area contributed by atoms with E-state index < -0.39 is 0 Å². The molecule has 2 heterocycles. The van der Waals surface area contributed by atoms with E-state index in [-0.39, 0.29) is 44.8 Å². The van der Waals surface area contributed by atoms with Gasteiger partial charge in [-0.3, -0.25) is 0 Å². The van der Waals surface area contributed by atoms with E-state index in [9.17, 15) is 0 Å². The predicted molar refractivity (Wildman–Crippen MR) is 318 cm³/mol. The van der Waals surface area contributed by atoms with Crippen molar-refractivity contribution in [3.05, 3.63) is 171 Å². The van der Waals surface area contributed by atoms with Gasteiger partial charge in [0, 0.05) is 39.4 Å². The minimum absolute atomic E-state index is 0.0463. The molecule has 4 aliphatic carbocycles. The highest BCUT2D eigenvalue weighted by Crippen LogP contribution is 2.61. The van der Waals surface area contributed by atoms with Gasteiger partial charge >= 0.3 is 6.85 Å². The summed E-state index contributed by atoms with van der Waals surface area (Å²) in [4.78, 5) is 5.58. The first kappa shape index (κ1) is 47.9. The molecule has 0 radical (unpaired) electrons. The highest BCUT2D eigenvalue weighted by Gasteiger charge is 2.51. The normalized spacial score (nSPS) is 20.8. The van der Waals surface area contributed by atoms with Crippen LogP contribution in [0.3, 0.4) is 0 Å². The molecule has 0 fully saturated rings. The highest BCUT2D eigenvalue weighted by atomic mass is 15.2. The first-order valence-electron chi connectivity index (χ1n) is 28.3. The van der Waals surface area contributed by atoms with Crippen LogP contribution in [0.2, 0.25) is 0 Å². The molecule has 0 atom stereocenters. The molecule has 376 valence electrons. The molecule has 0 saturated heterocycles. The Labute approximate surface area is 445 Å². The predicted octanol–water partition coefficient (Wildman–Crippen LogP) is 18.0. The van der Waals surface area contributed by atoms with E-state index in [1.54, 1.807) is 5.56 Å². The number of hydrogen-bond donors (Lipinski definition) is 0. The van der Waals surface area contributed by atoms with E-state index in [0.717, 1.165) is 0 Å². The van der Waals surface area contributed by atoms with Gasteiger partial charge in [0.05, 0.1) is 0 Å². The Hall–Kier alpha value is -5.80. The van der Waals surface area contributed by atoms with E-state index in [4.69, 9.17) is 0 Å². The first-order chi connectivity index (χ1) is 34.7. The molecular formula is C71H79BN2. The Morgan fingerprint density at radius 2 is 0.946 bits per heavy atom. The fourth-order valence-corrected chi connectivity index (χ4v) is 15.6. The average molecular weight is 971 g/mol. The van der Waals surface area contributed by atoms with Crippen molar-refractivity contribution in [1.29, 1.82) is 0 Å². The second-order valence-electron chi connectivity index (χ2n) is 28.7. The molecule has 7 aromatic carbocycles. The fourth-order valence-electron chi connectivity index (χ4n) is 15.6. The number of aryl methyl sites for hydroxylation is 2. The summed E-state index contributed by atoms with van der Waals surface area (Å²) in [5.41, 5.74) is 32.3. The maximum absolute atomic E-state index is 2.87. The van der Waals surface area contributed by atoms with Crippen LogP contribution in [0.4, 0.5) is 28.4 Å². The Morgan fingerprint density at radius 3 is 1.58 bits per heavy atom. The highest BCUT2D eigenvalue weighted by molar-refractivity contribution is 6.93. The van der Waals surface area contributed by atoms with Gasteiger partial charge in [0.1, 0.15) is 0 Å². The number of fused-ring (bicyclic) bond motifs is 11. The van der Waals surface area contributed by atoms with Crippen LogP contribution >= 0.6 is 0 Å². The van der Waals surface area contributed by atoms with Crippen LogP contribution < -0.4 is 20.6 Å². The van der Waals surface area contributed by atoms with Crippen molar-refractivity contribution >= 4 is 46.2 Å². The second kappa shape index (κ2) is 15.2. The third kappa shape index (κ3) is 6.62. The molecule has 0 bridgehead atoms. The summed E-state index contributed by atoms with van der Waals surface area (Å²) in [6, 6.07) is 46.9. The van der Waals surface area contributed by atoms with Gasteiger partial charge in [-0.1, -0.05) is 176 Å². The van der Waals surface area contributed by atoms with Crippen molar-refractivity contribution in [2.45, 2.75) is 187 Å². The van der Waals surface area contributed by atoms with Gasteiger partial charge in [-0.25, -0.2) is 0 Å². The molecule has 6 aliphatic rings. The molecule has 2 nitrogen and oxygen atoms in total. The number of benzene rings is 7. The average Bonchev–Trinajstić information content (AvgIpc) is 3.63. The van der Waals surface area contributed by atoms with Crippen LogP contribution in [0.15, 0.2) is 115 Å². The Bertz CT molecular complexity index is 3580. The van der Waals surface area contributed by atoms with E-state index in [2.05, 4.69) is 236 Å². The lowest BCUT2D eigenvalue weighted by Crippen LogP contribution is -2.62. The molecule has 0 saturated carbocycles. The summed E-state index contributed by atoms with van der Waals surface area (Å²) < 4.78 is 0. The largest absolute Gasteiger partial charge is 0.376 e. The van der Waals surface area contributed by atoms with Crippen molar-refractivity contribution in [2.24, 2.45) is 0 Å². The van der Waals surface area contributed by atoms with Crippen LogP contribution in [-0.2, 0) is 37.9 Å². The van der Waals surface area contributed by atoms with Crippen LogP contribution in [0, 0.1) is 13.8 Å². The van der Waals surface area contributed by atoms with Crippen LogP contribution in [0.5, 0.6) is 0 Å². The van der Waals surface area contributed by atoms with Crippen LogP contribution in [0.25, 0.3) is 33.4 Å². The Balaban J connectivity index is 1.15. The number of anilines is 5. The lowest BCUT2D eigenvalue weighted by atomic mass is 9.43.